The van der Waals surface area contributed by atoms with E-state index in [1.165, 1.54) is 10.7 Å². The normalized spacial score (nSPS) is 9.33. The molecule has 0 saturated carbocycles. The molecule has 118 valence electrons. The summed E-state index contributed by atoms with van der Waals surface area (Å²) in [5.41, 5.74) is 4.53. The van der Waals surface area contributed by atoms with Gasteiger partial charge in [0.25, 0.3) is 0 Å². The van der Waals surface area contributed by atoms with Gasteiger partial charge in [-0.3, -0.25) is 4.79 Å². The van der Waals surface area contributed by atoms with Crippen molar-refractivity contribution in [2.24, 2.45) is 5.73 Å². The third-order valence-electron chi connectivity index (χ3n) is 3.39. The summed E-state index contributed by atoms with van der Waals surface area (Å²) in [5, 5.41) is 0. The predicted molar refractivity (Wildman–Crippen MR) is 103 cm³/mol. The molecule has 0 fully saturated rings. The number of benzene rings is 3. The van der Waals surface area contributed by atoms with E-state index < -0.39 is 25.7 Å². The summed E-state index contributed by atoms with van der Waals surface area (Å²) in [4.78, 5) is 9.47. The van der Waals surface area contributed by atoms with Gasteiger partial charge in [0.2, 0.25) is 5.91 Å². The monoisotopic (exact) mass is 422 g/mol. The molecule has 0 spiro atoms. The van der Waals surface area contributed by atoms with E-state index in [9.17, 15) is 4.79 Å². The Kier molecular flexibility index (Phi) is 7.30. The van der Waals surface area contributed by atoms with Gasteiger partial charge in [-0.2, -0.15) is 0 Å². The first-order valence-electron chi connectivity index (χ1n) is 7.67. The zero-order valence-electron chi connectivity index (χ0n) is 13.4. The van der Waals surface area contributed by atoms with Gasteiger partial charge in [-0.05, 0) is 6.08 Å². The number of primary amides is 1. The second kappa shape index (κ2) is 9.73. The van der Waals surface area contributed by atoms with E-state index in [2.05, 4.69) is 103 Å². The summed E-state index contributed by atoms with van der Waals surface area (Å²) in [6.45, 7) is 3.09. The number of carbonyl (C=O) groups excluding carboxylic acids is 1. The second-order valence-corrected chi connectivity index (χ2v) is 12.2. The van der Waals surface area contributed by atoms with Crippen molar-refractivity contribution in [3.05, 3.63) is 104 Å². The first-order chi connectivity index (χ1) is 11.7. The van der Waals surface area contributed by atoms with Gasteiger partial charge in [0, 0.05) is 0 Å². The van der Waals surface area contributed by atoms with E-state index in [0.29, 0.717) is 0 Å². The number of hydrogen-bond donors (Lipinski definition) is 1. The van der Waals surface area contributed by atoms with Gasteiger partial charge in [0.1, 0.15) is 0 Å². The molecule has 24 heavy (non-hydrogen) atoms. The standard InChI is InChI=1S/3C6H5.C3H5NO.Sn/c3*1-2-4-6-5-3-1;1-2-3(4)5;/h3*1-5H;2H,1H2,(H2,4,5);/q;;;;+1. The Labute approximate surface area is 150 Å². The van der Waals surface area contributed by atoms with Crippen molar-refractivity contribution in [2.45, 2.75) is 0 Å². The second-order valence-electron chi connectivity index (χ2n) is 5.08. The summed E-state index contributed by atoms with van der Waals surface area (Å²) in [7, 11) is 0. The SMILES string of the molecule is C=CC(N)=O.c1cc[c]([Sn+]([c]2ccccc2)[c]2ccccc2)cc1. The van der Waals surface area contributed by atoms with E-state index in [-0.39, 0.29) is 0 Å². The molecule has 0 aromatic heterocycles. The molecular weight excluding hydrogens is 401 g/mol. The van der Waals surface area contributed by atoms with Gasteiger partial charge in [-0.15, -0.1) is 0 Å². The zero-order chi connectivity index (χ0) is 17.2. The van der Waals surface area contributed by atoms with Gasteiger partial charge in [-0.25, -0.2) is 0 Å². The van der Waals surface area contributed by atoms with Crippen LogP contribution < -0.4 is 16.5 Å². The van der Waals surface area contributed by atoms with Gasteiger partial charge in [0.05, 0.1) is 0 Å². The van der Waals surface area contributed by atoms with Crippen LogP contribution in [0.2, 0.25) is 0 Å². The van der Waals surface area contributed by atoms with Gasteiger partial charge >= 0.3 is 121 Å². The van der Waals surface area contributed by atoms with Gasteiger partial charge < -0.3 is 5.73 Å². The molecule has 0 aliphatic heterocycles. The van der Waals surface area contributed by atoms with Crippen LogP contribution in [0.5, 0.6) is 0 Å². The molecule has 2 nitrogen and oxygen atoms in total. The van der Waals surface area contributed by atoms with Crippen LogP contribution in [0.15, 0.2) is 104 Å². The summed E-state index contributed by atoms with van der Waals surface area (Å²) >= 11 is -1.98. The molecule has 2 N–H and O–H groups in total. The van der Waals surface area contributed by atoms with E-state index >= 15 is 0 Å². The Balaban J connectivity index is 0.000000368. The summed E-state index contributed by atoms with van der Waals surface area (Å²) in [5.74, 6) is -0.481. The molecule has 0 bridgehead atoms. The predicted octanol–water partition coefficient (Wildman–Crippen LogP) is 1.86. The van der Waals surface area contributed by atoms with Crippen LogP contribution in [0.4, 0.5) is 0 Å². The molecule has 0 aliphatic rings. The Morgan fingerprint density at radius 2 is 0.958 bits per heavy atom. The molecule has 0 unspecified atom stereocenters. The average molecular weight is 421 g/mol. The average Bonchev–Trinajstić information content (AvgIpc) is 2.65. The maximum absolute atomic E-state index is 9.47. The molecule has 3 rings (SSSR count). The molecule has 3 heteroatoms. The van der Waals surface area contributed by atoms with Crippen LogP contribution in [0.1, 0.15) is 0 Å². The quantitative estimate of drug-likeness (QED) is 0.508. The fourth-order valence-electron chi connectivity index (χ4n) is 2.31. The Morgan fingerprint density at radius 1 is 0.708 bits per heavy atom. The van der Waals surface area contributed by atoms with Crippen LogP contribution in [-0.4, -0.2) is 25.7 Å². The van der Waals surface area contributed by atoms with E-state index in [0.717, 1.165) is 6.08 Å². The molecule has 0 atom stereocenters. The van der Waals surface area contributed by atoms with Crippen LogP contribution in [0, 0.1) is 0 Å². The first-order valence-corrected chi connectivity index (χ1v) is 12.0. The summed E-state index contributed by atoms with van der Waals surface area (Å²) in [6, 6.07) is 32.9. The number of nitrogens with two attached hydrogens (primary N) is 1. The molecule has 0 saturated heterocycles. The fraction of sp³-hybridized carbons (Fsp3) is 0. The number of carbonyl (C=O) groups is 1. The van der Waals surface area contributed by atoms with Crippen LogP contribution in [0.3, 0.4) is 0 Å². The number of amides is 1. The van der Waals surface area contributed by atoms with E-state index in [1.807, 2.05) is 0 Å². The molecule has 0 radical (unpaired) electrons. The maximum atomic E-state index is 9.47. The molecule has 3 aromatic rings. The first kappa shape index (κ1) is 18.0. The Bertz CT molecular complexity index is 664. The van der Waals surface area contributed by atoms with Crippen molar-refractivity contribution in [3.63, 3.8) is 0 Å². The van der Waals surface area contributed by atoms with Crippen molar-refractivity contribution in [3.8, 4) is 0 Å². The van der Waals surface area contributed by atoms with Crippen LogP contribution in [0.25, 0.3) is 0 Å². The van der Waals surface area contributed by atoms with Crippen molar-refractivity contribution in [2.75, 3.05) is 0 Å². The van der Waals surface area contributed by atoms with E-state index in [1.54, 1.807) is 0 Å². The number of hydrogen-bond acceptors (Lipinski definition) is 1. The van der Waals surface area contributed by atoms with E-state index in [4.69, 9.17) is 0 Å². The van der Waals surface area contributed by atoms with Gasteiger partial charge in [-0.1, -0.05) is 6.58 Å². The van der Waals surface area contributed by atoms with Crippen LogP contribution in [-0.2, 0) is 4.79 Å². The minimum atomic E-state index is -1.98. The Hall–Kier alpha value is -2.33. The van der Waals surface area contributed by atoms with Crippen molar-refractivity contribution < 1.29 is 4.79 Å². The molecule has 1 amide bonds. The van der Waals surface area contributed by atoms with Crippen molar-refractivity contribution in [1.29, 1.82) is 0 Å². The number of rotatable bonds is 4. The third-order valence-corrected chi connectivity index (χ3v) is 11.2. The van der Waals surface area contributed by atoms with Crippen molar-refractivity contribution in [1.82, 2.24) is 0 Å². The summed E-state index contributed by atoms with van der Waals surface area (Å²) in [6.07, 6.45) is 1.06. The minimum absolute atomic E-state index is 0.481. The molecule has 0 aliphatic carbocycles. The van der Waals surface area contributed by atoms with Gasteiger partial charge in [0.15, 0.2) is 0 Å². The summed E-state index contributed by atoms with van der Waals surface area (Å²) < 4.78 is 4.59. The van der Waals surface area contributed by atoms with Crippen molar-refractivity contribution >= 4 is 36.4 Å². The topological polar surface area (TPSA) is 43.1 Å². The molecular formula is C21H20NOSn+. The Morgan fingerprint density at radius 3 is 1.17 bits per heavy atom. The molecule has 3 aromatic carbocycles. The third kappa shape index (κ3) is 5.39. The zero-order valence-corrected chi connectivity index (χ0v) is 16.3. The fourth-order valence-corrected chi connectivity index (χ4v) is 9.67. The molecule has 0 heterocycles. The van der Waals surface area contributed by atoms with Crippen LogP contribution >= 0.6 is 0 Å².